The van der Waals surface area contributed by atoms with Crippen LogP contribution in [0, 0.1) is 21.1 Å². The number of halogens is 1. The summed E-state index contributed by atoms with van der Waals surface area (Å²) < 4.78 is 34.0. The van der Waals surface area contributed by atoms with Crippen LogP contribution < -0.4 is 29.3 Å². The second-order valence-electron chi connectivity index (χ2n) is 11.7. The van der Waals surface area contributed by atoms with Crippen molar-refractivity contribution >= 4 is 11.6 Å². The third-order valence-corrected chi connectivity index (χ3v) is 5.10. The van der Waals surface area contributed by atoms with E-state index < -0.39 is 10.2 Å². The van der Waals surface area contributed by atoms with E-state index in [0.717, 1.165) is 48.4 Å². The van der Waals surface area contributed by atoms with E-state index in [9.17, 15) is 0 Å². The van der Waals surface area contributed by atoms with Gasteiger partial charge in [-0.05, 0) is 47.2 Å². The van der Waals surface area contributed by atoms with Gasteiger partial charge in [0.2, 0.25) is 0 Å². The molecule has 11 nitrogen and oxygen atoms in total. The standard InChI is InChI=1S/C28H40N6.ClHO4.H2O.Zn/c1-27(2,3)20-30-25-14-9-12-23(32-25)18-34(17-22-11-7-8-16-29-22)19-24-13-10-15-26(33-24)31-21-28(4,5)6;2-1(3,4)5;;/h7-16H,17-21H2,1-6H3,(H,30,32)(H,31,33);(H,2,3,4,5);1H2;/q;;;+2/p-2. The minimum absolute atomic E-state index is 0. The van der Waals surface area contributed by atoms with Crippen LogP contribution in [0.1, 0.15) is 58.6 Å². The molecule has 3 heterocycles. The Morgan fingerprint density at radius 3 is 1.41 bits per heavy atom. The summed E-state index contributed by atoms with van der Waals surface area (Å²) in [5, 5.41) is 6.94. The SMILES string of the molecule is CC(C)(C)CNc1cccc(CN(Cc2ccccn2)Cc2cccc(NCC(C)(C)C)n2)n1.[O-][Cl+3]([O-])([O-])[O-].[OH-].[Zn+2]. The number of nitrogens with zero attached hydrogens (tertiary/aromatic N) is 4. The zero-order valence-electron chi connectivity index (χ0n) is 24.8. The average molecular weight is 643 g/mol. The number of hydrogen-bond acceptors (Lipinski definition) is 11. The van der Waals surface area contributed by atoms with Crippen molar-refractivity contribution in [3.63, 3.8) is 0 Å². The molecular weight excluding hydrogens is 601 g/mol. The van der Waals surface area contributed by atoms with E-state index in [1.54, 1.807) is 0 Å². The Morgan fingerprint density at radius 1 is 0.659 bits per heavy atom. The van der Waals surface area contributed by atoms with E-state index in [2.05, 4.69) is 92.4 Å². The molecular formula is C28H41ClN6O5Zn. The van der Waals surface area contributed by atoms with Crippen molar-refractivity contribution in [1.82, 2.24) is 19.9 Å². The molecule has 3 aromatic heterocycles. The fraction of sp³-hybridized carbons (Fsp3) is 0.464. The summed E-state index contributed by atoms with van der Waals surface area (Å²) in [7, 11) is -4.94. The van der Waals surface area contributed by atoms with Crippen LogP contribution in [0.3, 0.4) is 0 Å². The molecule has 0 spiro atoms. The van der Waals surface area contributed by atoms with Crippen LogP contribution in [0.4, 0.5) is 11.6 Å². The van der Waals surface area contributed by atoms with E-state index in [-0.39, 0.29) is 35.8 Å². The first-order valence-corrected chi connectivity index (χ1v) is 13.9. The first-order chi connectivity index (χ1) is 18.1. The van der Waals surface area contributed by atoms with E-state index in [4.69, 9.17) is 28.6 Å². The molecule has 0 unspecified atom stereocenters. The first kappa shape index (κ1) is 38.7. The van der Waals surface area contributed by atoms with Crippen molar-refractivity contribution < 1.29 is 53.8 Å². The van der Waals surface area contributed by atoms with Gasteiger partial charge in [-0.1, -0.05) is 59.7 Å². The number of nitrogens with one attached hydrogen (secondary N) is 2. The molecule has 0 saturated heterocycles. The van der Waals surface area contributed by atoms with E-state index >= 15 is 0 Å². The van der Waals surface area contributed by atoms with Crippen LogP contribution in [0.5, 0.6) is 0 Å². The predicted octanol–water partition coefficient (Wildman–Crippen LogP) is 1.05. The third kappa shape index (κ3) is 19.5. The van der Waals surface area contributed by atoms with Crippen LogP contribution in [-0.4, -0.2) is 38.4 Å². The normalized spacial score (nSPS) is 11.5. The van der Waals surface area contributed by atoms with Gasteiger partial charge in [0, 0.05) is 38.9 Å². The summed E-state index contributed by atoms with van der Waals surface area (Å²) in [6, 6.07) is 18.4. The maximum absolute atomic E-state index is 8.49. The summed E-state index contributed by atoms with van der Waals surface area (Å²) in [6.07, 6.45) is 1.85. The van der Waals surface area contributed by atoms with Crippen LogP contribution in [0.15, 0.2) is 60.8 Å². The topological polar surface area (TPSA) is 188 Å². The molecule has 0 aromatic carbocycles. The van der Waals surface area contributed by atoms with Crippen molar-refractivity contribution in [1.29, 1.82) is 0 Å². The molecule has 3 aromatic rings. The smallest absolute Gasteiger partial charge is 0.870 e. The summed E-state index contributed by atoms with van der Waals surface area (Å²) in [5.41, 5.74) is 3.47. The number of rotatable bonds is 10. The molecule has 0 atom stereocenters. The number of anilines is 2. The number of hydrogen-bond donors (Lipinski definition) is 2. The predicted molar refractivity (Wildman–Crippen MR) is 143 cm³/mol. The fourth-order valence-electron chi connectivity index (χ4n) is 3.39. The molecule has 13 heteroatoms. The Labute approximate surface area is 258 Å². The molecule has 0 bridgehead atoms. The van der Waals surface area contributed by atoms with Crippen LogP contribution in [0.25, 0.3) is 0 Å². The van der Waals surface area contributed by atoms with E-state index in [1.165, 1.54) is 0 Å². The Balaban J connectivity index is 0.00000210. The van der Waals surface area contributed by atoms with Gasteiger partial charge >= 0.3 is 19.5 Å². The van der Waals surface area contributed by atoms with Crippen molar-refractivity contribution in [3.8, 4) is 0 Å². The maximum atomic E-state index is 8.49. The van der Waals surface area contributed by atoms with Gasteiger partial charge < -0.3 is 16.1 Å². The van der Waals surface area contributed by atoms with Crippen LogP contribution in [0.2, 0.25) is 0 Å². The molecule has 0 aliphatic carbocycles. The summed E-state index contributed by atoms with van der Waals surface area (Å²) in [5.74, 6) is 1.83. The van der Waals surface area contributed by atoms with Gasteiger partial charge in [-0.15, -0.1) is 10.2 Å². The molecule has 222 valence electrons. The van der Waals surface area contributed by atoms with Crippen molar-refractivity contribution in [2.24, 2.45) is 10.8 Å². The molecule has 0 radical (unpaired) electrons. The van der Waals surface area contributed by atoms with E-state index in [0.29, 0.717) is 13.1 Å². The fourth-order valence-corrected chi connectivity index (χ4v) is 3.39. The Hall–Kier alpha value is -2.28. The Bertz CT molecular complexity index is 1070. The monoisotopic (exact) mass is 640 g/mol. The molecule has 0 saturated carbocycles. The van der Waals surface area contributed by atoms with Gasteiger partial charge in [0.25, 0.3) is 0 Å². The van der Waals surface area contributed by atoms with Crippen molar-refractivity contribution in [2.45, 2.75) is 61.2 Å². The van der Waals surface area contributed by atoms with Gasteiger partial charge in [0.1, 0.15) is 11.6 Å². The minimum Gasteiger partial charge on any atom is -0.870 e. The second-order valence-corrected chi connectivity index (χ2v) is 12.5. The van der Waals surface area contributed by atoms with Gasteiger partial charge in [0.05, 0.1) is 17.1 Å². The Morgan fingerprint density at radius 2 is 1.05 bits per heavy atom. The summed E-state index contributed by atoms with van der Waals surface area (Å²) >= 11 is 0. The average Bonchev–Trinajstić information content (AvgIpc) is 2.81. The van der Waals surface area contributed by atoms with Gasteiger partial charge in [-0.2, -0.15) is 0 Å². The first-order valence-electron chi connectivity index (χ1n) is 12.7. The van der Waals surface area contributed by atoms with Crippen LogP contribution >= 0.6 is 0 Å². The Kier molecular flexibility index (Phi) is 16.6. The zero-order valence-corrected chi connectivity index (χ0v) is 28.5. The largest absolute Gasteiger partial charge is 2.00 e. The third-order valence-electron chi connectivity index (χ3n) is 5.10. The molecule has 0 aliphatic heterocycles. The zero-order chi connectivity index (χ0) is 29.1. The van der Waals surface area contributed by atoms with Gasteiger partial charge in [0.15, 0.2) is 0 Å². The summed E-state index contributed by atoms with van der Waals surface area (Å²) in [6.45, 7) is 17.2. The minimum atomic E-state index is -4.94. The van der Waals surface area contributed by atoms with E-state index in [1.807, 2.05) is 30.5 Å². The second kappa shape index (κ2) is 17.6. The number of aromatic nitrogens is 3. The van der Waals surface area contributed by atoms with Gasteiger partial charge in [-0.25, -0.2) is 28.6 Å². The van der Waals surface area contributed by atoms with Gasteiger partial charge in [-0.3, -0.25) is 9.88 Å². The molecule has 0 aliphatic rings. The molecule has 0 fully saturated rings. The quantitative estimate of drug-likeness (QED) is 0.301. The number of pyridine rings is 3. The van der Waals surface area contributed by atoms with Crippen molar-refractivity contribution in [3.05, 3.63) is 77.9 Å². The summed E-state index contributed by atoms with van der Waals surface area (Å²) in [4.78, 5) is 16.6. The molecule has 0 amide bonds. The van der Waals surface area contributed by atoms with Crippen molar-refractivity contribution in [2.75, 3.05) is 23.7 Å². The molecule has 3 N–H and O–H groups in total. The maximum Gasteiger partial charge on any atom is 2.00 e. The molecule has 41 heavy (non-hydrogen) atoms. The van der Waals surface area contributed by atoms with Crippen LogP contribution in [-0.2, 0) is 39.1 Å². The molecule has 3 rings (SSSR count).